The number of hydrogen-bond donors (Lipinski definition) is 1. The van der Waals surface area contributed by atoms with Crippen LogP contribution in [0.3, 0.4) is 0 Å². The molecule has 0 radical (unpaired) electrons. The van der Waals surface area contributed by atoms with E-state index in [0.717, 1.165) is 18.2 Å². The number of benzene rings is 1. The third kappa shape index (κ3) is 6.19. The van der Waals surface area contributed by atoms with E-state index in [1.165, 1.54) is 0 Å². The molecule has 0 bridgehead atoms. The van der Waals surface area contributed by atoms with Crippen LogP contribution in [-0.2, 0) is 19.1 Å². The topological polar surface area (TPSA) is 80.3 Å². The van der Waals surface area contributed by atoms with Gasteiger partial charge >= 0.3 is 0 Å². The molecule has 0 atom stereocenters. The first-order valence-electron chi connectivity index (χ1n) is 6.05. The van der Waals surface area contributed by atoms with Crippen LogP contribution in [0.2, 0.25) is 0 Å². The Bertz CT molecular complexity index is 724. The predicted octanol–water partition coefficient (Wildman–Crippen LogP) is 2.93. The lowest BCUT2D eigenvalue weighted by molar-refractivity contribution is 0.397. The molecule has 1 aromatic rings. The highest BCUT2D eigenvalue weighted by molar-refractivity contribution is 8.13. The number of sulfonamides is 1. The highest BCUT2D eigenvalue weighted by Crippen LogP contribution is 2.24. The summed E-state index contributed by atoms with van der Waals surface area (Å²) < 4.78 is 61.6. The lowest BCUT2D eigenvalue weighted by Gasteiger charge is -2.18. The molecule has 0 aliphatic carbocycles. The maximum absolute atomic E-state index is 13.6. The summed E-state index contributed by atoms with van der Waals surface area (Å²) in [6, 6.07) is 2.84. The maximum Gasteiger partial charge on any atom is 0.264 e. The monoisotopic (exact) mass is 357 g/mol. The second-order valence-electron chi connectivity index (χ2n) is 5.81. The molecule has 120 valence electrons. The minimum atomic E-state index is -4.20. The van der Waals surface area contributed by atoms with Crippen molar-refractivity contribution in [2.45, 2.75) is 32.1 Å². The summed E-state index contributed by atoms with van der Waals surface area (Å²) in [5, 5.41) is 0. The summed E-state index contributed by atoms with van der Waals surface area (Å²) in [7, 11) is -2.79. The van der Waals surface area contributed by atoms with Gasteiger partial charge in [-0.1, -0.05) is 20.8 Å². The molecule has 1 rings (SSSR count). The van der Waals surface area contributed by atoms with Crippen molar-refractivity contribution >= 4 is 35.4 Å². The van der Waals surface area contributed by atoms with Crippen LogP contribution in [0.25, 0.3) is 0 Å². The van der Waals surface area contributed by atoms with E-state index in [4.69, 9.17) is 10.7 Å². The second-order valence-corrected chi connectivity index (χ2v) is 10.2. The fourth-order valence-electron chi connectivity index (χ4n) is 1.43. The van der Waals surface area contributed by atoms with Crippen molar-refractivity contribution in [2.75, 3.05) is 10.5 Å². The van der Waals surface area contributed by atoms with Gasteiger partial charge in [-0.2, -0.15) is 0 Å². The van der Waals surface area contributed by atoms with Gasteiger partial charge in [0.2, 0.25) is 10.0 Å². The van der Waals surface area contributed by atoms with E-state index in [1.807, 2.05) is 20.8 Å². The molecule has 0 saturated carbocycles. The summed E-state index contributed by atoms with van der Waals surface area (Å²) in [6.07, 6.45) is 0.430. The number of hydrogen-bond acceptors (Lipinski definition) is 4. The number of anilines is 1. The molecule has 0 saturated heterocycles. The molecule has 0 aromatic heterocycles. The molecule has 0 amide bonds. The molecule has 0 fully saturated rings. The van der Waals surface area contributed by atoms with Crippen molar-refractivity contribution in [3.8, 4) is 0 Å². The van der Waals surface area contributed by atoms with E-state index in [2.05, 4.69) is 4.72 Å². The van der Waals surface area contributed by atoms with Gasteiger partial charge in [0, 0.05) is 10.7 Å². The third-order valence-corrected chi connectivity index (χ3v) is 5.23. The molecule has 0 aliphatic heterocycles. The van der Waals surface area contributed by atoms with Gasteiger partial charge in [0.15, 0.2) is 0 Å². The van der Waals surface area contributed by atoms with E-state index in [-0.39, 0.29) is 16.9 Å². The second kappa shape index (κ2) is 6.10. The van der Waals surface area contributed by atoms with Crippen molar-refractivity contribution in [3.05, 3.63) is 24.0 Å². The summed E-state index contributed by atoms with van der Waals surface area (Å²) >= 11 is 0. The van der Waals surface area contributed by atoms with Crippen LogP contribution >= 0.6 is 10.7 Å². The van der Waals surface area contributed by atoms with Crippen LogP contribution in [0.15, 0.2) is 23.1 Å². The molecular formula is C12H17ClFNO4S2. The van der Waals surface area contributed by atoms with Crippen molar-refractivity contribution in [2.24, 2.45) is 5.41 Å². The minimum Gasteiger partial charge on any atom is -0.283 e. The highest BCUT2D eigenvalue weighted by atomic mass is 35.7. The van der Waals surface area contributed by atoms with Crippen LogP contribution in [-0.4, -0.2) is 22.6 Å². The SMILES string of the molecule is CC(C)(C)CCS(=O)(=O)Nc1ccc(S(=O)(=O)Cl)c(F)c1. The fraction of sp³-hybridized carbons (Fsp3) is 0.500. The first-order chi connectivity index (χ1) is 9.30. The van der Waals surface area contributed by atoms with Crippen LogP contribution in [0, 0.1) is 11.2 Å². The van der Waals surface area contributed by atoms with Gasteiger partial charge in [-0.25, -0.2) is 21.2 Å². The zero-order chi connectivity index (χ0) is 16.5. The van der Waals surface area contributed by atoms with Crippen LogP contribution in [0.4, 0.5) is 10.1 Å². The molecular weight excluding hydrogens is 341 g/mol. The standard InChI is InChI=1S/C12H17ClFNO4S2/c1-12(2,3)6-7-20(16,17)15-9-4-5-11(10(14)8-9)21(13,18)19/h4-5,8,15H,6-7H2,1-3H3. The van der Waals surface area contributed by atoms with Gasteiger partial charge in [-0.3, -0.25) is 4.72 Å². The average Bonchev–Trinajstić information content (AvgIpc) is 2.23. The van der Waals surface area contributed by atoms with Crippen LogP contribution < -0.4 is 4.72 Å². The number of halogens is 2. The van der Waals surface area contributed by atoms with E-state index < -0.39 is 29.8 Å². The Kier molecular flexibility index (Phi) is 5.28. The molecule has 0 heterocycles. The van der Waals surface area contributed by atoms with Gasteiger partial charge < -0.3 is 0 Å². The first-order valence-corrected chi connectivity index (χ1v) is 10.0. The van der Waals surface area contributed by atoms with E-state index >= 15 is 0 Å². The molecule has 1 N–H and O–H groups in total. The summed E-state index contributed by atoms with van der Waals surface area (Å²) in [6.45, 7) is 5.72. The lowest BCUT2D eigenvalue weighted by atomic mass is 9.94. The van der Waals surface area contributed by atoms with Gasteiger partial charge in [-0.05, 0) is 30.0 Å². The van der Waals surface area contributed by atoms with Crippen molar-refractivity contribution in [1.29, 1.82) is 0 Å². The van der Waals surface area contributed by atoms with Gasteiger partial charge in [0.25, 0.3) is 9.05 Å². The van der Waals surface area contributed by atoms with Crippen LogP contribution in [0.1, 0.15) is 27.2 Å². The molecule has 1 aromatic carbocycles. The molecule has 9 heteroatoms. The fourth-order valence-corrected chi connectivity index (χ4v) is 3.80. The predicted molar refractivity (Wildman–Crippen MR) is 80.9 cm³/mol. The van der Waals surface area contributed by atoms with Gasteiger partial charge in [-0.15, -0.1) is 0 Å². The van der Waals surface area contributed by atoms with E-state index in [9.17, 15) is 21.2 Å². The van der Waals surface area contributed by atoms with E-state index in [0.29, 0.717) is 6.42 Å². The summed E-state index contributed by atoms with van der Waals surface area (Å²) in [5.41, 5.74) is -0.207. The number of nitrogens with one attached hydrogen (secondary N) is 1. The Morgan fingerprint density at radius 2 is 1.76 bits per heavy atom. The van der Waals surface area contributed by atoms with Crippen molar-refractivity contribution < 1.29 is 21.2 Å². The number of rotatable bonds is 5. The Labute approximate surface area is 129 Å². The molecule has 0 aliphatic rings. The molecule has 5 nitrogen and oxygen atoms in total. The summed E-state index contributed by atoms with van der Waals surface area (Å²) in [4.78, 5) is -0.693. The average molecular weight is 358 g/mol. The quantitative estimate of drug-likeness (QED) is 0.821. The Morgan fingerprint density at radius 3 is 2.19 bits per heavy atom. The van der Waals surface area contributed by atoms with Gasteiger partial charge in [0.1, 0.15) is 10.7 Å². The Morgan fingerprint density at radius 1 is 1.19 bits per heavy atom. The highest BCUT2D eigenvalue weighted by Gasteiger charge is 2.20. The normalized spacial score (nSPS) is 13.2. The third-order valence-electron chi connectivity index (χ3n) is 2.59. The van der Waals surface area contributed by atoms with Crippen LogP contribution in [0.5, 0.6) is 0 Å². The van der Waals surface area contributed by atoms with Crippen molar-refractivity contribution in [1.82, 2.24) is 0 Å². The lowest BCUT2D eigenvalue weighted by Crippen LogP contribution is -2.21. The zero-order valence-corrected chi connectivity index (χ0v) is 14.2. The smallest absolute Gasteiger partial charge is 0.264 e. The maximum atomic E-state index is 13.6. The minimum absolute atomic E-state index is 0.0505. The zero-order valence-electron chi connectivity index (χ0n) is 11.9. The Balaban J connectivity index is 2.92. The first kappa shape index (κ1) is 18.2. The van der Waals surface area contributed by atoms with Gasteiger partial charge in [0.05, 0.1) is 11.4 Å². The van der Waals surface area contributed by atoms with Crippen molar-refractivity contribution in [3.63, 3.8) is 0 Å². The molecule has 0 spiro atoms. The largest absolute Gasteiger partial charge is 0.283 e. The van der Waals surface area contributed by atoms with E-state index in [1.54, 1.807) is 0 Å². The summed E-state index contributed by atoms with van der Waals surface area (Å²) in [5.74, 6) is -1.23. The Hall–Kier alpha value is -0.860. The molecule has 0 unspecified atom stereocenters. The molecule has 21 heavy (non-hydrogen) atoms.